The molecular weight excluding hydrogens is 304 g/mol. The number of carbonyl (C=O) groups excluding carboxylic acids is 1. The highest BCUT2D eigenvalue weighted by Crippen LogP contribution is 2.24. The highest BCUT2D eigenvalue weighted by molar-refractivity contribution is 7.16. The number of hydrogen-bond donors (Lipinski definition) is 1. The summed E-state index contributed by atoms with van der Waals surface area (Å²) in [5.74, 6) is -0.0580. The van der Waals surface area contributed by atoms with E-state index in [2.05, 4.69) is 35.4 Å². The van der Waals surface area contributed by atoms with E-state index < -0.39 is 0 Å². The Morgan fingerprint density at radius 1 is 1.13 bits per heavy atom. The number of benzene rings is 2. The van der Waals surface area contributed by atoms with Crippen LogP contribution >= 0.6 is 11.3 Å². The number of rotatable bonds is 5. The van der Waals surface area contributed by atoms with Gasteiger partial charge in [0.2, 0.25) is 0 Å². The minimum Gasteiger partial charge on any atom is -0.351 e. The zero-order chi connectivity index (χ0) is 16.1. The summed E-state index contributed by atoms with van der Waals surface area (Å²) in [6.45, 7) is 2.70. The molecule has 1 aromatic heterocycles. The van der Waals surface area contributed by atoms with Gasteiger partial charge in [-0.15, -0.1) is 11.3 Å². The maximum Gasteiger partial charge on any atom is 0.263 e. The molecule has 0 atom stereocenters. The highest BCUT2D eigenvalue weighted by Gasteiger charge is 2.11. The van der Waals surface area contributed by atoms with Crippen molar-refractivity contribution in [1.29, 1.82) is 0 Å². The van der Waals surface area contributed by atoms with E-state index in [0.717, 1.165) is 17.0 Å². The minimum atomic E-state index is -0.0580. The largest absolute Gasteiger partial charge is 0.351 e. The first-order chi connectivity index (χ1) is 11.2. The molecule has 3 rings (SSSR count). The summed E-state index contributed by atoms with van der Waals surface area (Å²) in [6.07, 6.45) is 2.48. The van der Waals surface area contributed by atoms with Gasteiger partial charge in [0.25, 0.3) is 5.91 Å². The summed E-state index contributed by atoms with van der Waals surface area (Å²) < 4.78 is 0. The smallest absolute Gasteiger partial charge is 0.263 e. The molecule has 1 N–H and O–H groups in total. The third-order valence-corrected chi connectivity index (χ3v) is 4.58. The molecule has 0 bridgehead atoms. The lowest BCUT2D eigenvalue weighted by atomic mass is 10.1. The quantitative estimate of drug-likeness (QED) is 0.768. The van der Waals surface area contributed by atoms with Crippen molar-refractivity contribution in [3.05, 3.63) is 76.8 Å². The van der Waals surface area contributed by atoms with Crippen molar-refractivity contribution in [2.24, 2.45) is 0 Å². The molecule has 4 heteroatoms. The summed E-state index contributed by atoms with van der Waals surface area (Å²) in [5.41, 5.74) is 3.51. The Morgan fingerprint density at radius 3 is 2.74 bits per heavy atom. The van der Waals surface area contributed by atoms with Crippen LogP contribution in [0.1, 0.15) is 20.8 Å². The van der Waals surface area contributed by atoms with E-state index in [1.165, 1.54) is 22.5 Å². The molecule has 116 valence electrons. The van der Waals surface area contributed by atoms with Gasteiger partial charge in [0, 0.05) is 12.1 Å². The van der Waals surface area contributed by atoms with Crippen LogP contribution < -0.4 is 5.32 Å². The molecular formula is C19H18N2OS. The zero-order valence-electron chi connectivity index (χ0n) is 13.0. The second-order valence-corrected chi connectivity index (χ2v) is 6.42. The summed E-state index contributed by atoms with van der Waals surface area (Å²) in [5, 5.41) is 3.83. The maximum atomic E-state index is 12.2. The molecule has 0 aliphatic carbocycles. The molecule has 1 heterocycles. The van der Waals surface area contributed by atoms with Crippen molar-refractivity contribution in [3.8, 4) is 10.6 Å². The third kappa shape index (κ3) is 4.05. The van der Waals surface area contributed by atoms with E-state index in [-0.39, 0.29) is 5.91 Å². The van der Waals surface area contributed by atoms with Gasteiger partial charge >= 0.3 is 0 Å². The first-order valence-electron chi connectivity index (χ1n) is 7.57. The molecule has 0 radical (unpaired) electrons. The summed E-state index contributed by atoms with van der Waals surface area (Å²) in [6, 6.07) is 18.3. The molecule has 0 spiro atoms. The molecule has 0 unspecified atom stereocenters. The number of aryl methyl sites for hydroxylation is 1. The predicted octanol–water partition coefficient (Wildman–Crippen LogP) is 4.09. The van der Waals surface area contributed by atoms with Crippen LogP contribution in [-0.2, 0) is 6.42 Å². The van der Waals surface area contributed by atoms with Gasteiger partial charge in [-0.1, -0.05) is 60.2 Å². The van der Waals surface area contributed by atoms with Crippen LogP contribution in [0.3, 0.4) is 0 Å². The molecule has 1 amide bonds. The van der Waals surface area contributed by atoms with E-state index >= 15 is 0 Å². The Bertz CT molecular complexity index is 796. The van der Waals surface area contributed by atoms with Crippen LogP contribution in [0.15, 0.2) is 60.8 Å². The van der Waals surface area contributed by atoms with E-state index in [4.69, 9.17) is 0 Å². The van der Waals surface area contributed by atoms with Gasteiger partial charge in [0.1, 0.15) is 9.88 Å². The molecule has 3 aromatic rings. The highest BCUT2D eigenvalue weighted by atomic mass is 32.1. The van der Waals surface area contributed by atoms with Crippen molar-refractivity contribution in [3.63, 3.8) is 0 Å². The fourth-order valence-corrected chi connectivity index (χ4v) is 3.21. The second-order valence-electron chi connectivity index (χ2n) is 5.39. The van der Waals surface area contributed by atoms with Crippen LogP contribution in [0.2, 0.25) is 0 Å². The summed E-state index contributed by atoms with van der Waals surface area (Å²) in [4.78, 5) is 17.2. The number of nitrogens with one attached hydrogen (secondary N) is 1. The van der Waals surface area contributed by atoms with Crippen LogP contribution in [0.5, 0.6) is 0 Å². The van der Waals surface area contributed by atoms with E-state index in [1.807, 2.05) is 36.4 Å². The summed E-state index contributed by atoms with van der Waals surface area (Å²) in [7, 11) is 0. The Hall–Kier alpha value is -2.46. The molecule has 2 aromatic carbocycles. The van der Waals surface area contributed by atoms with Gasteiger partial charge in [0.05, 0.1) is 6.20 Å². The fraction of sp³-hybridized carbons (Fsp3) is 0.158. The van der Waals surface area contributed by atoms with Gasteiger partial charge in [-0.3, -0.25) is 4.79 Å². The number of amides is 1. The summed E-state index contributed by atoms with van der Waals surface area (Å²) >= 11 is 1.42. The maximum absolute atomic E-state index is 12.2. The number of carbonyl (C=O) groups is 1. The van der Waals surface area contributed by atoms with Crippen LogP contribution in [0, 0.1) is 6.92 Å². The van der Waals surface area contributed by atoms with Crippen molar-refractivity contribution in [2.45, 2.75) is 13.3 Å². The van der Waals surface area contributed by atoms with E-state index in [9.17, 15) is 4.79 Å². The number of aromatic nitrogens is 1. The molecule has 0 aliphatic heterocycles. The van der Waals surface area contributed by atoms with Gasteiger partial charge < -0.3 is 5.32 Å². The average Bonchev–Trinajstić information content (AvgIpc) is 3.06. The van der Waals surface area contributed by atoms with Crippen molar-refractivity contribution < 1.29 is 4.79 Å². The van der Waals surface area contributed by atoms with Crippen LogP contribution in [0.4, 0.5) is 0 Å². The fourth-order valence-electron chi connectivity index (χ4n) is 2.37. The monoisotopic (exact) mass is 322 g/mol. The third-order valence-electron chi connectivity index (χ3n) is 3.53. The molecule has 0 aliphatic rings. The van der Waals surface area contributed by atoms with E-state index in [0.29, 0.717) is 11.4 Å². The first kappa shape index (κ1) is 15.4. The normalized spacial score (nSPS) is 10.5. The number of nitrogens with zero attached hydrogens (tertiary/aromatic N) is 1. The zero-order valence-corrected chi connectivity index (χ0v) is 13.8. The van der Waals surface area contributed by atoms with Crippen molar-refractivity contribution >= 4 is 17.2 Å². The molecule has 23 heavy (non-hydrogen) atoms. The Labute approximate surface area is 140 Å². The average molecular weight is 322 g/mol. The lowest BCUT2D eigenvalue weighted by Crippen LogP contribution is -2.24. The van der Waals surface area contributed by atoms with Crippen molar-refractivity contribution in [1.82, 2.24) is 10.3 Å². The minimum absolute atomic E-state index is 0.0580. The Morgan fingerprint density at radius 2 is 1.96 bits per heavy atom. The lowest BCUT2D eigenvalue weighted by Gasteiger charge is -2.04. The Balaban J connectivity index is 1.58. The van der Waals surface area contributed by atoms with Crippen LogP contribution in [0.25, 0.3) is 10.6 Å². The van der Waals surface area contributed by atoms with Crippen molar-refractivity contribution in [2.75, 3.05) is 6.54 Å². The number of hydrogen-bond acceptors (Lipinski definition) is 3. The van der Waals surface area contributed by atoms with Crippen LogP contribution in [-0.4, -0.2) is 17.4 Å². The standard InChI is InChI=1S/C19H18N2OS/c1-14-6-5-7-15(12-14)10-11-20-18(22)17-13-21-19(23-17)16-8-3-2-4-9-16/h2-9,12-13H,10-11H2,1H3,(H,20,22). The molecule has 3 nitrogen and oxygen atoms in total. The van der Waals surface area contributed by atoms with Gasteiger partial charge in [-0.2, -0.15) is 0 Å². The SMILES string of the molecule is Cc1cccc(CCNC(=O)c2cnc(-c3ccccc3)s2)c1. The van der Waals surface area contributed by atoms with Gasteiger partial charge in [-0.25, -0.2) is 4.98 Å². The van der Waals surface area contributed by atoms with Gasteiger partial charge in [-0.05, 0) is 18.9 Å². The molecule has 0 saturated carbocycles. The van der Waals surface area contributed by atoms with Gasteiger partial charge in [0.15, 0.2) is 0 Å². The lowest BCUT2D eigenvalue weighted by molar-refractivity contribution is 0.0958. The molecule has 0 fully saturated rings. The molecule has 0 saturated heterocycles. The first-order valence-corrected chi connectivity index (χ1v) is 8.39. The predicted molar refractivity (Wildman–Crippen MR) is 94.8 cm³/mol. The second kappa shape index (κ2) is 7.20. The topological polar surface area (TPSA) is 42.0 Å². The Kier molecular flexibility index (Phi) is 4.83. The van der Waals surface area contributed by atoms with E-state index in [1.54, 1.807) is 6.20 Å². The number of thiazole rings is 1.